The Morgan fingerprint density at radius 2 is 1.42 bits per heavy atom. The molecule has 2 nitrogen and oxygen atoms in total. The van der Waals surface area contributed by atoms with Crippen molar-refractivity contribution < 1.29 is 9.53 Å². The lowest BCUT2D eigenvalue weighted by atomic mass is 10.1. The maximum Gasteiger partial charge on any atom is 0.185 e. The van der Waals surface area contributed by atoms with Gasteiger partial charge in [0, 0.05) is 11.1 Å². The first-order valence-corrected chi connectivity index (χ1v) is 7.86. The molecule has 0 saturated carbocycles. The second kappa shape index (κ2) is 7.93. The largest absolute Gasteiger partial charge is 0.488 e. The van der Waals surface area contributed by atoms with Gasteiger partial charge in [0.25, 0.3) is 0 Å². The molecule has 0 spiro atoms. The van der Waals surface area contributed by atoms with E-state index in [1.807, 2.05) is 84.9 Å². The number of hydrogen-bond acceptors (Lipinski definition) is 2. The molecule has 2 heteroatoms. The van der Waals surface area contributed by atoms with Gasteiger partial charge >= 0.3 is 0 Å². The van der Waals surface area contributed by atoms with E-state index in [0.717, 1.165) is 16.9 Å². The van der Waals surface area contributed by atoms with E-state index in [-0.39, 0.29) is 5.78 Å². The van der Waals surface area contributed by atoms with Gasteiger partial charge in [-0.2, -0.15) is 0 Å². The van der Waals surface area contributed by atoms with Gasteiger partial charge in [-0.05, 0) is 23.8 Å². The highest BCUT2D eigenvalue weighted by Crippen LogP contribution is 2.21. The summed E-state index contributed by atoms with van der Waals surface area (Å²) in [5.41, 5.74) is 2.67. The van der Waals surface area contributed by atoms with Crippen LogP contribution in [-0.2, 0) is 6.61 Å². The van der Waals surface area contributed by atoms with Gasteiger partial charge in [0.2, 0.25) is 0 Å². The summed E-state index contributed by atoms with van der Waals surface area (Å²) in [6.07, 6.45) is 3.38. The third-order valence-electron chi connectivity index (χ3n) is 3.63. The molecule has 3 rings (SSSR count). The fourth-order valence-corrected chi connectivity index (χ4v) is 2.35. The van der Waals surface area contributed by atoms with Gasteiger partial charge in [0.1, 0.15) is 12.4 Å². The van der Waals surface area contributed by atoms with Crippen LogP contribution in [0.3, 0.4) is 0 Å². The Morgan fingerprint density at radius 1 is 0.792 bits per heavy atom. The highest BCUT2D eigenvalue weighted by atomic mass is 16.5. The quantitative estimate of drug-likeness (QED) is 0.464. The van der Waals surface area contributed by atoms with Gasteiger partial charge in [-0.3, -0.25) is 4.79 Å². The molecule has 0 radical (unpaired) electrons. The molecule has 0 aliphatic carbocycles. The van der Waals surface area contributed by atoms with E-state index in [0.29, 0.717) is 12.2 Å². The number of para-hydroxylation sites is 1. The topological polar surface area (TPSA) is 26.3 Å². The van der Waals surface area contributed by atoms with Crippen molar-refractivity contribution in [2.24, 2.45) is 0 Å². The summed E-state index contributed by atoms with van der Waals surface area (Å²) < 4.78 is 5.90. The molecule has 3 aromatic carbocycles. The summed E-state index contributed by atoms with van der Waals surface area (Å²) >= 11 is 0. The van der Waals surface area contributed by atoms with Crippen LogP contribution in [0.15, 0.2) is 91.0 Å². The zero-order chi connectivity index (χ0) is 16.6. The van der Waals surface area contributed by atoms with Crippen LogP contribution in [0.5, 0.6) is 5.75 Å². The third-order valence-corrected chi connectivity index (χ3v) is 3.63. The monoisotopic (exact) mass is 314 g/mol. The fourth-order valence-electron chi connectivity index (χ4n) is 2.35. The van der Waals surface area contributed by atoms with E-state index in [1.54, 1.807) is 12.2 Å². The summed E-state index contributed by atoms with van der Waals surface area (Å²) in [5, 5.41) is 0. The zero-order valence-corrected chi connectivity index (χ0v) is 13.3. The van der Waals surface area contributed by atoms with Crippen LogP contribution in [0, 0.1) is 0 Å². The van der Waals surface area contributed by atoms with Crippen molar-refractivity contribution in [3.05, 3.63) is 108 Å². The smallest absolute Gasteiger partial charge is 0.185 e. The SMILES string of the molecule is O=C(C=Cc1ccccc1OCc1ccccc1)c1ccccc1. The van der Waals surface area contributed by atoms with E-state index >= 15 is 0 Å². The van der Waals surface area contributed by atoms with Crippen molar-refractivity contribution in [3.63, 3.8) is 0 Å². The molecule has 0 amide bonds. The number of benzene rings is 3. The first-order chi connectivity index (χ1) is 11.8. The second-order valence-corrected chi connectivity index (χ2v) is 5.38. The predicted molar refractivity (Wildman–Crippen MR) is 97.0 cm³/mol. The summed E-state index contributed by atoms with van der Waals surface area (Å²) in [4.78, 5) is 12.2. The Bertz CT molecular complexity index is 821. The van der Waals surface area contributed by atoms with Crippen LogP contribution < -0.4 is 4.74 Å². The molecule has 0 atom stereocenters. The standard InChI is InChI=1S/C22H18O2/c23-21(19-11-5-2-6-12-19)16-15-20-13-7-8-14-22(20)24-17-18-9-3-1-4-10-18/h1-16H,17H2. The van der Waals surface area contributed by atoms with E-state index in [9.17, 15) is 4.79 Å². The Hall–Kier alpha value is -3.13. The van der Waals surface area contributed by atoms with Crippen LogP contribution >= 0.6 is 0 Å². The molecule has 0 aliphatic rings. The average Bonchev–Trinajstić information content (AvgIpc) is 2.66. The third kappa shape index (κ3) is 4.20. The number of hydrogen-bond donors (Lipinski definition) is 0. The molecular weight excluding hydrogens is 296 g/mol. The molecule has 0 unspecified atom stereocenters. The molecule has 0 fully saturated rings. The van der Waals surface area contributed by atoms with Crippen LogP contribution in [0.25, 0.3) is 6.08 Å². The minimum atomic E-state index is -0.0199. The summed E-state index contributed by atoms with van der Waals surface area (Å²) in [6, 6.07) is 27.0. The lowest BCUT2D eigenvalue weighted by molar-refractivity contribution is 0.104. The summed E-state index contributed by atoms with van der Waals surface area (Å²) in [5.74, 6) is 0.743. The van der Waals surface area contributed by atoms with Crippen molar-refractivity contribution in [1.82, 2.24) is 0 Å². The van der Waals surface area contributed by atoms with Crippen molar-refractivity contribution in [2.75, 3.05) is 0 Å². The van der Waals surface area contributed by atoms with Crippen molar-refractivity contribution in [2.45, 2.75) is 6.61 Å². The maximum atomic E-state index is 12.2. The van der Waals surface area contributed by atoms with Crippen molar-refractivity contribution >= 4 is 11.9 Å². The van der Waals surface area contributed by atoms with E-state index in [1.165, 1.54) is 0 Å². The molecular formula is C22H18O2. The summed E-state index contributed by atoms with van der Waals surface area (Å²) in [6.45, 7) is 0.498. The fraction of sp³-hybridized carbons (Fsp3) is 0.0455. The van der Waals surface area contributed by atoms with Crippen LogP contribution in [0.1, 0.15) is 21.5 Å². The first kappa shape index (κ1) is 15.8. The van der Waals surface area contributed by atoms with Gasteiger partial charge < -0.3 is 4.74 Å². The molecule has 0 bridgehead atoms. The Morgan fingerprint density at radius 3 is 2.17 bits per heavy atom. The second-order valence-electron chi connectivity index (χ2n) is 5.38. The van der Waals surface area contributed by atoms with Crippen LogP contribution in [-0.4, -0.2) is 5.78 Å². The minimum absolute atomic E-state index is 0.0199. The number of allylic oxidation sites excluding steroid dienone is 1. The molecule has 3 aromatic rings. The molecule has 118 valence electrons. The van der Waals surface area contributed by atoms with Crippen LogP contribution in [0.4, 0.5) is 0 Å². The normalized spacial score (nSPS) is 10.7. The van der Waals surface area contributed by atoms with E-state index in [4.69, 9.17) is 4.74 Å². The van der Waals surface area contributed by atoms with Gasteiger partial charge in [0.05, 0.1) is 0 Å². The number of ketones is 1. The van der Waals surface area contributed by atoms with Crippen molar-refractivity contribution in [3.8, 4) is 5.75 Å². The average molecular weight is 314 g/mol. The predicted octanol–water partition coefficient (Wildman–Crippen LogP) is 5.16. The van der Waals surface area contributed by atoms with Gasteiger partial charge in [-0.15, -0.1) is 0 Å². The molecule has 0 heterocycles. The maximum absolute atomic E-state index is 12.2. The molecule has 0 aliphatic heterocycles. The number of carbonyl (C=O) groups is 1. The number of ether oxygens (including phenoxy) is 1. The highest BCUT2D eigenvalue weighted by molar-refractivity contribution is 6.06. The lowest BCUT2D eigenvalue weighted by Gasteiger charge is -2.09. The van der Waals surface area contributed by atoms with Crippen molar-refractivity contribution in [1.29, 1.82) is 0 Å². The first-order valence-electron chi connectivity index (χ1n) is 7.86. The van der Waals surface area contributed by atoms with Crippen LogP contribution in [0.2, 0.25) is 0 Å². The van der Waals surface area contributed by atoms with Gasteiger partial charge in [-0.25, -0.2) is 0 Å². The Balaban J connectivity index is 1.72. The number of carbonyl (C=O) groups excluding carboxylic acids is 1. The Kier molecular flexibility index (Phi) is 5.21. The number of rotatable bonds is 6. The lowest BCUT2D eigenvalue weighted by Crippen LogP contribution is -1.97. The van der Waals surface area contributed by atoms with Gasteiger partial charge in [-0.1, -0.05) is 78.9 Å². The van der Waals surface area contributed by atoms with E-state index in [2.05, 4.69) is 0 Å². The minimum Gasteiger partial charge on any atom is -0.488 e. The van der Waals surface area contributed by atoms with Gasteiger partial charge in [0.15, 0.2) is 5.78 Å². The molecule has 24 heavy (non-hydrogen) atoms. The summed E-state index contributed by atoms with van der Waals surface area (Å²) in [7, 11) is 0. The zero-order valence-electron chi connectivity index (χ0n) is 13.3. The molecule has 0 saturated heterocycles. The Labute approximate surface area is 142 Å². The highest BCUT2D eigenvalue weighted by Gasteiger charge is 2.03. The van der Waals surface area contributed by atoms with E-state index < -0.39 is 0 Å². The molecule has 0 aromatic heterocycles. The molecule has 0 N–H and O–H groups in total.